The predicted molar refractivity (Wildman–Crippen MR) is 110 cm³/mol. The summed E-state index contributed by atoms with van der Waals surface area (Å²) in [5.41, 5.74) is 0.998. The zero-order chi connectivity index (χ0) is 19.3. The van der Waals surface area contributed by atoms with Crippen LogP contribution >= 0.6 is 22.9 Å². The highest BCUT2D eigenvalue weighted by atomic mass is 35.5. The molecule has 1 N–H and O–H groups in total. The molecule has 3 rings (SSSR count). The van der Waals surface area contributed by atoms with Gasteiger partial charge in [-0.1, -0.05) is 41.9 Å². The Morgan fingerprint density at radius 1 is 0.963 bits per heavy atom. The van der Waals surface area contributed by atoms with E-state index in [2.05, 4.69) is 5.32 Å². The Kier molecular flexibility index (Phi) is 6.31. The standard InChI is InChI=1S/C20H18ClNO3S2/c21-16-9-7-15(8-10-16)18-11-12-19(26-18)20(23)22-13-4-14-27(24,25)17-5-2-1-3-6-17/h1-3,5-12H,4,13-14H2,(H,22,23). The van der Waals surface area contributed by atoms with Crippen LogP contribution in [0, 0.1) is 0 Å². The van der Waals surface area contributed by atoms with Crippen molar-refractivity contribution in [2.24, 2.45) is 0 Å². The van der Waals surface area contributed by atoms with Crippen LogP contribution in [0.25, 0.3) is 10.4 Å². The van der Waals surface area contributed by atoms with Crippen molar-refractivity contribution in [2.75, 3.05) is 12.3 Å². The summed E-state index contributed by atoms with van der Waals surface area (Å²) in [6, 6.07) is 19.4. The van der Waals surface area contributed by atoms with Crippen molar-refractivity contribution in [1.82, 2.24) is 5.32 Å². The van der Waals surface area contributed by atoms with Gasteiger partial charge in [0.2, 0.25) is 0 Å². The first kappa shape index (κ1) is 19.6. The molecular weight excluding hydrogens is 402 g/mol. The van der Waals surface area contributed by atoms with Crippen molar-refractivity contribution < 1.29 is 13.2 Å². The molecule has 3 aromatic rings. The summed E-state index contributed by atoms with van der Waals surface area (Å²) in [5.74, 6) is -0.199. The Morgan fingerprint density at radius 3 is 2.37 bits per heavy atom. The molecule has 0 aliphatic carbocycles. The molecule has 0 unspecified atom stereocenters. The monoisotopic (exact) mass is 419 g/mol. The summed E-state index contributed by atoms with van der Waals surface area (Å²) in [7, 11) is -3.32. The van der Waals surface area contributed by atoms with Crippen LogP contribution in [0.15, 0.2) is 71.6 Å². The van der Waals surface area contributed by atoms with Crippen LogP contribution in [0.4, 0.5) is 0 Å². The van der Waals surface area contributed by atoms with Crippen molar-refractivity contribution in [1.29, 1.82) is 0 Å². The topological polar surface area (TPSA) is 63.2 Å². The fourth-order valence-electron chi connectivity index (χ4n) is 2.53. The first-order valence-corrected chi connectivity index (χ1v) is 11.2. The Hall–Kier alpha value is -2.15. The summed E-state index contributed by atoms with van der Waals surface area (Å²) in [6.07, 6.45) is 0.360. The molecule has 0 saturated heterocycles. The van der Waals surface area contributed by atoms with Gasteiger partial charge in [-0.05, 0) is 48.4 Å². The number of hydrogen-bond acceptors (Lipinski definition) is 4. The molecule has 4 nitrogen and oxygen atoms in total. The highest BCUT2D eigenvalue weighted by Gasteiger charge is 2.14. The average Bonchev–Trinajstić information content (AvgIpc) is 3.17. The van der Waals surface area contributed by atoms with Crippen molar-refractivity contribution in [2.45, 2.75) is 11.3 Å². The molecular formula is C20H18ClNO3S2. The normalized spacial score (nSPS) is 11.3. The van der Waals surface area contributed by atoms with Gasteiger partial charge in [-0.25, -0.2) is 8.42 Å². The fraction of sp³-hybridized carbons (Fsp3) is 0.150. The number of carbonyl (C=O) groups is 1. The van der Waals surface area contributed by atoms with Crippen LogP contribution in [0.1, 0.15) is 16.1 Å². The number of carbonyl (C=O) groups excluding carboxylic acids is 1. The van der Waals surface area contributed by atoms with Gasteiger partial charge in [0.1, 0.15) is 0 Å². The van der Waals surface area contributed by atoms with E-state index in [4.69, 9.17) is 11.6 Å². The van der Waals surface area contributed by atoms with Crippen molar-refractivity contribution in [3.05, 3.63) is 76.6 Å². The maximum atomic E-state index is 12.3. The van der Waals surface area contributed by atoms with Gasteiger partial charge in [0.25, 0.3) is 5.91 Å². The van der Waals surface area contributed by atoms with E-state index in [0.29, 0.717) is 27.8 Å². The number of thiophene rings is 1. The van der Waals surface area contributed by atoms with E-state index < -0.39 is 9.84 Å². The number of benzene rings is 2. The highest BCUT2D eigenvalue weighted by Crippen LogP contribution is 2.29. The minimum atomic E-state index is -3.32. The first-order chi connectivity index (χ1) is 13.0. The van der Waals surface area contributed by atoms with Crippen LogP contribution in [0.5, 0.6) is 0 Å². The van der Waals surface area contributed by atoms with E-state index in [1.165, 1.54) is 11.3 Å². The van der Waals surface area contributed by atoms with Crippen LogP contribution in [-0.2, 0) is 9.84 Å². The zero-order valence-corrected chi connectivity index (χ0v) is 16.8. The largest absolute Gasteiger partial charge is 0.351 e. The quantitative estimate of drug-likeness (QED) is 0.566. The minimum Gasteiger partial charge on any atom is -0.351 e. The summed E-state index contributed by atoms with van der Waals surface area (Å²) >= 11 is 7.28. The zero-order valence-electron chi connectivity index (χ0n) is 14.4. The van der Waals surface area contributed by atoms with Gasteiger partial charge in [-0.2, -0.15) is 0 Å². The van der Waals surface area contributed by atoms with Crippen LogP contribution < -0.4 is 5.32 Å². The molecule has 0 fully saturated rings. The molecule has 0 aliphatic heterocycles. The Bertz CT molecular complexity index is 1010. The number of halogens is 1. The Morgan fingerprint density at radius 2 is 1.67 bits per heavy atom. The second kappa shape index (κ2) is 8.69. The smallest absolute Gasteiger partial charge is 0.261 e. The average molecular weight is 420 g/mol. The van der Waals surface area contributed by atoms with Gasteiger partial charge in [-0.3, -0.25) is 4.79 Å². The first-order valence-electron chi connectivity index (χ1n) is 8.37. The number of amides is 1. The van der Waals surface area contributed by atoms with Crippen LogP contribution in [0.2, 0.25) is 5.02 Å². The fourth-order valence-corrected chi connectivity index (χ4v) is 4.91. The van der Waals surface area contributed by atoms with Gasteiger partial charge < -0.3 is 5.32 Å². The Balaban J connectivity index is 1.52. The lowest BCUT2D eigenvalue weighted by atomic mass is 10.2. The van der Waals surface area contributed by atoms with Crippen molar-refractivity contribution in [3.63, 3.8) is 0 Å². The van der Waals surface area contributed by atoms with Crippen molar-refractivity contribution >= 4 is 38.7 Å². The second-order valence-electron chi connectivity index (χ2n) is 5.91. The lowest BCUT2D eigenvalue weighted by Gasteiger charge is -2.05. The van der Waals surface area contributed by atoms with E-state index in [1.807, 2.05) is 30.3 Å². The van der Waals surface area contributed by atoms with E-state index in [1.54, 1.807) is 36.4 Å². The SMILES string of the molecule is O=C(NCCCS(=O)(=O)c1ccccc1)c1ccc(-c2ccc(Cl)cc2)s1. The summed E-state index contributed by atoms with van der Waals surface area (Å²) in [5, 5.41) is 3.45. The van der Waals surface area contributed by atoms with Gasteiger partial charge >= 0.3 is 0 Å². The number of rotatable bonds is 7. The van der Waals surface area contributed by atoms with E-state index in [-0.39, 0.29) is 11.7 Å². The summed E-state index contributed by atoms with van der Waals surface area (Å²) < 4.78 is 24.4. The van der Waals surface area contributed by atoms with E-state index in [0.717, 1.165) is 10.4 Å². The Labute approximate surface area is 167 Å². The van der Waals surface area contributed by atoms with E-state index >= 15 is 0 Å². The van der Waals surface area contributed by atoms with Crippen molar-refractivity contribution in [3.8, 4) is 10.4 Å². The lowest BCUT2D eigenvalue weighted by Crippen LogP contribution is -2.25. The minimum absolute atomic E-state index is 0.00222. The molecule has 0 radical (unpaired) electrons. The molecule has 0 atom stereocenters. The predicted octanol–water partition coefficient (Wildman–Crippen LogP) is 4.66. The molecule has 1 heterocycles. The molecule has 0 spiro atoms. The molecule has 0 bridgehead atoms. The number of nitrogens with one attached hydrogen (secondary N) is 1. The third-order valence-corrected chi connectivity index (χ3v) is 7.14. The van der Waals surface area contributed by atoms with Gasteiger partial charge in [0.15, 0.2) is 9.84 Å². The number of hydrogen-bond donors (Lipinski definition) is 1. The molecule has 0 aliphatic rings. The van der Waals surface area contributed by atoms with Gasteiger partial charge in [0, 0.05) is 16.4 Å². The lowest BCUT2D eigenvalue weighted by molar-refractivity contribution is 0.0957. The van der Waals surface area contributed by atoms with E-state index in [9.17, 15) is 13.2 Å². The summed E-state index contributed by atoms with van der Waals surface area (Å²) in [4.78, 5) is 14.1. The molecule has 7 heteroatoms. The van der Waals surface area contributed by atoms with Crippen LogP contribution in [-0.4, -0.2) is 26.6 Å². The van der Waals surface area contributed by atoms with Crippen LogP contribution in [0.3, 0.4) is 0 Å². The molecule has 1 aromatic heterocycles. The molecule has 1 amide bonds. The molecule has 27 heavy (non-hydrogen) atoms. The molecule has 0 saturated carbocycles. The van der Waals surface area contributed by atoms with Gasteiger partial charge in [-0.15, -0.1) is 11.3 Å². The summed E-state index contributed by atoms with van der Waals surface area (Å²) in [6.45, 7) is 0.305. The second-order valence-corrected chi connectivity index (χ2v) is 9.54. The third-order valence-electron chi connectivity index (χ3n) is 3.94. The maximum Gasteiger partial charge on any atom is 0.261 e. The highest BCUT2D eigenvalue weighted by molar-refractivity contribution is 7.91. The van der Waals surface area contributed by atoms with Gasteiger partial charge in [0.05, 0.1) is 15.5 Å². The number of sulfone groups is 1. The maximum absolute atomic E-state index is 12.3. The molecule has 2 aromatic carbocycles. The third kappa shape index (κ3) is 5.19. The molecule has 140 valence electrons.